The van der Waals surface area contributed by atoms with Crippen molar-refractivity contribution in [2.45, 2.75) is 26.3 Å². The Morgan fingerprint density at radius 1 is 1.09 bits per heavy atom. The van der Waals surface area contributed by atoms with Gasteiger partial charge in [0.2, 0.25) is 11.0 Å². The van der Waals surface area contributed by atoms with Crippen molar-refractivity contribution in [2.24, 2.45) is 5.92 Å². The van der Waals surface area contributed by atoms with Crippen molar-refractivity contribution in [2.75, 3.05) is 10.6 Å². The largest absolute Gasteiger partial charge is 0.326 e. The lowest BCUT2D eigenvalue weighted by Gasteiger charge is -2.23. The number of carbonyl (C=O) groups excluding carboxylic acids is 2. The van der Waals surface area contributed by atoms with Crippen LogP contribution < -0.4 is 16.0 Å². The second-order valence-corrected chi connectivity index (χ2v) is 8.42. The molecule has 0 aliphatic heterocycles. The average Bonchev–Trinajstić information content (AvgIpc) is 3.22. The van der Waals surface area contributed by atoms with Gasteiger partial charge in [0, 0.05) is 22.3 Å². The molecule has 0 aliphatic rings. The first-order valence-electron chi connectivity index (χ1n) is 9.69. The SMILES string of the molecule is CC[C@@H](C)[C@@H](NC(=O)Nc1ccc(F)c(F)c1)C(=O)Nc1nnc(-c2cccc(Cl)c2)s1. The molecule has 7 nitrogen and oxygen atoms in total. The monoisotopic (exact) mass is 479 g/mol. The molecule has 0 bridgehead atoms. The molecule has 3 aromatic rings. The third-order valence-corrected chi connectivity index (χ3v) is 5.81. The van der Waals surface area contributed by atoms with Crippen LogP contribution in [0.5, 0.6) is 0 Å². The Hall–Kier alpha value is -3.11. The van der Waals surface area contributed by atoms with Crippen molar-refractivity contribution in [1.82, 2.24) is 15.5 Å². The van der Waals surface area contributed by atoms with E-state index < -0.39 is 29.6 Å². The van der Waals surface area contributed by atoms with Crippen LogP contribution >= 0.6 is 22.9 Å². The molecule has 0 fully saturated rings. The van der Waals surface area contributed by atoms with Crippen LogP contribution in [0.4, 0.5) is 24.4 Å². The van der Waals surface area contributed by atoms with Crippen molar-refractivity contribution in [3.05, 3.63) is 59.1 Å². The van der Waals surface area contributed by atoms with Gasteiger partial charge < -0.3 is 10.6 Å². The minimum atomic E-state index is -1.09. The highest BCUT2D eigenvalue weighted by atomic mass is 35.5. The van der Waals surface area contributed by atoms with E-state index >= 15 is 0 Å². The molecule has 2 atom stereocenters. The number of urea groups is 1. The molecular weight excluding hydrogens is 460 g/mol. The summed E-state index contributed by atoms with van der Waals surface area (Å²) in [4.78, 5) is 25.2. The van der Waals surface area contributed by atoms with E-state index in [2.05, 4.69) is 26.1 Å². The van der Waals surface area contributed by atoms with Gasteiger partial charge in [0.1, 0.15) is 11.0 Å². The van der Waals surface area contributed by atoms with E-state index in [4.69, 9.17) is 11.6 Å². The summed E-state index contributed by atoms with van der Waals surface area (Å²) in [6.45, 7) is 3.68. The average molecular weight is 480 g/mol. The van der Waals surface area contributed by atoms with Crippen molar-refractivity contribution in [3.63, 3.8) is 0 Å². The summed E-state index contributed by atoms with van der Waals surface area (Å²) < 4.78 is 26.4. The van der Waals surface area contributed by atoms with Crippen molar-refractivity contribution in [3.8, 4) is 10.6 Å². The maximum Gasteiger partial charge on any atom is 0.319 e. The smallest absolute Gasteiger partial charge is 0.319 e. The molecule has 1 heterocycles. The summed E-state index contributed by atoms with van der Waals surface area (Å²) >= 11 is 7.17. The van der Waals surface area contributed by atoms with Crippen LogP contribution in [-0.2, 0) is 4.79 Å². The molecule has 0 radical (unpaired) electrons. The molecule has 0 spiro atoms. The highest BCUT2D eigenvalue weighted by molar-refractivity contribution is 7.18. The molecule has 3 rings (SSSR count). The van der Waals surface area contributed by atoms with E-state index in [1.807, 2.05) is 13.0 Å². The number of hydrogen-bond acceptors (Lipinski definition) is 5. The summed E-state index contributed by atoms with van der Waals surface area (Å²) in [6, 6.07) is 8.42. The first-order valence-corrected chi connectivity index (χ1v) is 10.9. The second-order valence-electron chi connectivity index (χ2n) is 7.00. The fraction of sp³-hybridized carbons (Fsp3) is 0.238. The molecule has 168 valence electrons. The molecule has 3 amide bonds. The lowest BCUT2D eigenvalue weighted by atomic mass is 9.98. The minimum absolute atomic E-state index is 0.0556. The van der Waals surface area contributed by atoms with Gasteiger partial charge in [-0.15, -0.1) is 10.2 Å². The summed E-state index contributed by atoms with van der Waals surface area (Å²) in [5, 5.41) is 17.1. The third-order valence-electron chi connectivity index (χ3n) is 4.69. The number of carbonyl (C=O) groups is 2. The van der Waals surface area contributed by atoms with Crippen LogP contribution in [0, 0.1) is 17.6 Å². The third kappa shape index (κ3) is 5.98. The molecule has 2 aromatic carbocycles. The van der Waals surface area contributed by atoms with Crippen LogP contribution in [0.1, 0.15) is 20.3 Å². The van der Waals surface area contributed by atoms with E-state index in [9.17, 15) is 18.4 Å². The lowest BCUT2D eigenvalue weighted by molar-refractivity contribution is -0.119. The number of halogens is 3. The molecule has 0 saturated heterocycles. The molecule has 3 N–H and O–H groups in total. The predicted octanol–water partition coefficient (Wildman–Crippen LogP) is 5.31. The molecule has 1 aromatic heterocycles. The maximum absolute atomic E-state index is 13.4. The van der Waals surface area contributed by atoms with E-state index in [1.165, 1.54) is 17.4 Å². The molecule has 0 unspecified atom stereocenters. The number of rotatable bonds is 7. The number of amides is 3. The zero-order chi connectivity index (χ0) is 23.3. The Balaban J connectivity index is 1.68. The van der Waals surface area contributed by atoms with Crippen LogP contribution in [0.25, 0.3) is 10.6 Å². The van der Waals surface area contributed by atoms with Gasteiger partial charge in [-0.05, 0) is 30.2 Å². The number of benzene rings is 2. The van der Waals surface area contributed by atoms with Crippen LogP contribution in [-0.4, -0.2) is 28.2 Å². The Bertz CT molecular complexity index is 1130. The number of anilines is 2. The lowest BCUT2D eigenvalue weighted by Crippen LogP contribution is -2.49. The normalized spacial score (nSPS) is 12.7. The van der Waals surface area contributed by atoms with Gasteiger partial charge in [0.05, 0.1) is 0 Å². The molecule has 11 heteroatoms. The van der Waals surface area contributed by atoms with Crippen LogP contribution in [0.2, 0.25) is 5.02 Å². The first kappa shape index (κ1) is 23.6. The Kier molecular flexibility index (Phi) is 7.70. The second kappa shape index (κ2) is 10.5. The summed E-state index contributed by atoms with van der Waals surface area (Å²) in [6.07, 6.45) is 0.605. The standard InChI is InChI=1S/C21H20ClF2N5O2S/c1-3-11(2)17(26-20(31)25-14-7-8-15(23)16(24)10-14)18(30)27-21-29-28-19(32-21)12-5-4-6-13(22)9-12/h4-11,17H,3H2,1-2H3,(H2,25,26,31)(H,27,29,30)/t11-,17-/m1/s1. The van der Waals surface area contributed by atoms with Crippen molar-refractivity contribution in [1.29, 1.82) is 0 Å². The fourth-order valence-corrected chi connectivity index (χ4v) is 3.71. The highest BCUT2D eigenvalue weighted by Gasteiger charge is 2.27. The van der Waals surface area contributed by atoms with Gasteiger partial charge in [-0.2, -0.15) is 0 Å². The topological polar surface area (TPSA) is 96.0 Å². The number of nitrogens with one attached hydrogen (secondary N) is 3. The summed E-state index contributed by atoms with van der Waals surface area (Å²) in [5.74, 6) is -2.81. The van der Waals surface area contributed by atoms with Crippen molar-refractivity contribution < 1.29 is 18.4 Å². The molecule has 32 heavy (non-hydrogen) atoms. The number of nitrogens with zero attached hydrogens (tertiary/aromatic N) is 2. The van der Waals surface area contributed by atoms with Gasteiger partial charge in [-0.3, -0.25) is 10.1 Å². The Morgan fingerprint density at radius 2 is 1.88 bits per heavy atom. The molecule has 0 aliphatic carbocycles. The quantitative estimate of drug-likeness (QED) is 0.427. The number of hydrogen-bond donors (Lipinski definition) is 3. The van der Waals surface area contributed by atoms with Gasteiger partial charge in [-0.1, -0.05) is 55.3 Å². The number of aromatic nitrogens is 2. The van der Waals surface area contributed by atoms with Gasteiger partial charge in [-0.25, -0.2) is 13.6 Å². The maximum atomic E-state index is 13.4. The summed E-state index contributed by atoms with van der Waals surface area (Å²) in [7, 11) is 0. The van der Waals surface area contributed by atoms with Gasteiger partial charge in [0.25, 0.3) is 0 Å². The van der Waals surface area contributed by atoms with Crippen LogP contribution in [0.15, 0.2) is 42.5 Å². The van der Waals surface area contributed by atoms with Crippen molar-refractivity contribution >= 4 is 45.7 Å². The molecule has 0 saturated carbocycles. The zero-order valence-electron chi connectivity index (χ0n) is 17.2. The fourth-order valence-electron chi connectivity index (χ4n) is 2.78. The zero-order valence-corrected chi connectivity index (χ0v) is 18.7. The van der Waals surface area contributed by atoms with E-state index in [0.717, 1.165) is 17.7 Å². The van der Waals surface area contributed by atoms with E-state index in [1.54, 1.807) is 25.1 Å². The van der Waals surface area contributed by atoms with Gasteiger partial charge >= 0.3 is 6.03 Å². The van der Waals surface area contributed by atoms with E-state index in [0.29, 0.717) is 16.5 Å². The highest BCUT2D eigenvalue weighted by Crippen LogP contribution is 2.28. The van der Waals surface area contributed by atoms with Crippen LogP contribution in [0.3, 0.4) is 0 Å². The molecular formula is C21H20ClF2N5O2S. The first-order chi connectivity index (χ1) is 15.3. The Labute approximate surface area is 192 Å². The van der Waals surface area contributed by atoms with E-state index in [-0.39, 0.29) is 16.7 Å². The predicted molar refractivity (Wildman–Crippen MR) is 121 cm³/mol. The minimum Gasteiger partial charge on any atom is -0.326 e. The summed E-state index contributed by atoms with van der Waals surface area (Å²) in [5.41, 5.74) is 0.818. The Morgan fingerprint density at radius 3 is 2.56 bits per heavy atom. The van der Waals surface area contributed by atoms with Gasteiger partial charge in [0.15, 0.2) is 11.6 Å².